The molecule has 17 heavy (non-hydrogen) atoms. The van der Waals surface area contributed by atoms with Gasteiger partial charge in [-0.3, -0.25) is 5.21 Å². The van der Waals surface area contributed by atoms with Gasteiger partial charge in [0, 0.05) is 4.73 Å². The molecule has 0 spiro atoms. The molecule has 1 aromatic heterocycles. The van der Waals surface area contributed by atoms with E-state index in [2.05, 4.69) is 0 Å². The second-order valence-electron chi connectivity index (χ2n) is 3.28. The first-order chi connectivity index (χ1) is 7.89. The molecule has 2 rings (SSSR count). The smallest absolute Gasteiger partial charge is 0.277 e. The number of thiazole rings is 1. The van der Waals surface area contributed by atoms with Crippen LogP contribution in [0.5, 0.6) is 0 Å². The van der Waals surface area contributed by atoms with E-state index in [1.54, 1.807) is 5.38 Å². The highest BCUT2D eigenvalue weighted by Gasteiger charge is 2.19. The van der Waals surface area contributed by atoms with Crippen molar-refractivity contribution in [2.75, 3.05) is 0 Å². The zero-order chi connectivity index (χ0) is 12.6. The molecule has 0 radical (unpaired) electrons. The van der Waals surface area contributed by atoms with Crippen LogP contribution in [0, 0.1) is 5.82 Å². The zero-order valence-electron chi connectivity index (χ0n) is 8.37. The molecule has 2 aromatic rings. The van der Waals surface area contributed by atoms with Crippen molar-refractivity contribution in [2.24, 2.45) is 5.14 Å². The monoisotopic (exact) mass is 275 g/mol. The summed E-state index contributed by atoms with van der Waals surface area (Å²) in [6, 6.07) is 3.45. The highest BCUT2D eigenvalue weighted by Crippen LogP contribution is 2.22. The number of nitrogens with zero attached hydrogens (tertiary/aromatic N) is 1. The first-order valence-corrected chi connectivity index (χ1v) is 6.88. The summed E-state index contributed by atoms with van der Waals surface area (Å²) in [6.45, 7) is 0. The standard InChI is InChI=1S/C9H8FN2O3S2/c10-7-3-6(8-4-16-5-12(8)13)1-2-9(7)17(11,14)15/h1-5,13H,(H2,11,14,15)/q+1. The van der Waals surface area contributed by atoms with E-state index in [0.29, 0.717) is 11.3 Å². The van der Waals surface area contributed by atoms with E-state index in [0.717, 1.165) is 16.9 Å². The average Bonchev–Trinajstić information content (AvgIpc) is 2.62. The second kappa shape index (κ2) is 4.06. The van der Waals surface area contributed by atoms with Crippen LogP contribution in [0.1, 0.15) is 0 Å². The minimum absolute atomic E-state index is 0.360. The zero-order valence-corrected chi connectivity index (χ0v) is 10.0. The normalized spacial score (nSPS) is 11.6. The molecule has 0 atom stereocenters. The predicted molar refractivity (Wildman–Crippen MR) is 58.5 cm³/mol. The third-order valence-electron chi connectivity index (χ3n) is 2.12. The number of hydrogen-bond acceptors (Lipinski definition) is 4. The maximum Gasteiger partial charge on any atom is 0.277 e. The molecule has 0 saturated carbocycles. The Kier molecular flexibility index (Phi) is 2.86. The second-order valence-corrected chi connectivity index (χ2v) is 5.53. The summed E-state index contributed by atoms with van der Waals surface area (Å²) in [5, 5.41) is 15.8. The summed E-state index contributed by atoms with van der Waals surface area (Å²) in [6.07, 6.45) is 0. The Morgan fingerprint density at radius 3 is 2.59 bits per heavy atom. The van der Waals surface area contributed by atoms with Gasteiger partial charge in [0.1, 0.15) is 10.7 Å². The Morgan fingerprint density at radius 2 is 2.12 bits per heavy atom. The van der Waals surface area contributed by atoms with Gasteiger partial charge in [0.15, 0.2) is 0 Å². The van der Waals surface area contributed by atoms with Crippen molar-refractivity contribution in [1.82, 2.24) is 0 Å². The van der Waals surface area contributed by atoms with Gasteiger partial charge in [0.25, 0.3) is 11.2 Å². The lowest BCUT2D eigenvalue weighted by Crippen LogP contribution is -2.28. The summed E-state index contributed by atoms with van der Waals surface area (Å²) >= 11 is 1.22. The van der Waals surface area contributed by atoms with Crippen molar-refractivity contribution < 1.29 is 22.7 Å². The molecule has 0 aliphatic carbocycles. The first kappa shape index (κ1) is 12.0. The molecular formula is C9H8FN2O3S2+. The van der Waals surface area contributed by atoms with Crippen LogP contribution < -0.4 is 9.87 Å². The van der Waals surface area contributed by atoms with Gasteiger partial charge in [-0.25, -0.2) is 17.9 Å². The van der Waals surface area contributed by atoms with E-state index in [9.17, 15) is 18.0 Å². The number of halogens is 1. The summed E-state index contributed by atoms with van der Waals surface area (Å²) in [5.74, 6) is -0.948. The van der Waals surface area contributed by atoms with Crippen LogP contribution in [0.3, 0.4) is 0 Å². The van der Waals surface area contributed by atoms with E-state index in [4.69, 9.17) is 5.14 Å². The van der Waals surface area contributed by atoms with Crippen LogP contribution in [0.4, 0.5) is 4.39 Å². The van der Waals surface area contributed by atoms with Gasteiger partial charge < -0.3 is 0 Å². The molecule has 5 nitrogen and oxygen atoms in total. The van der Waals surface area contributed by atoms with Crippen molar-refractivity contribution >= 4 is 21.4 Å². The van der Waals surface area contributed by atoms with Crippen LogP contribution >= 0.6 is 11.3 Å². The maximum atomic E-state index is 13.5. The minimum atomic E-state index is -4.07. The van der Waals surface area contributed by atoms with Crippen LogP contribution in [-0.2, 0) is 10.0 Å². The topological polar surface area (TPSA) is 84.3 Å². The van der Waals surface area contributed by atoms with Gasteiger partial charge in [0.05, 0.1) is 10.9 Å². The lowest BCUT2D eigenvalue weighted by Gasteiger charge is -2.00. The van der Waals surface area contributed by atoms with Gasteiger partial charge in [-0.2, -0.15) is 0 Å². The number of primary sulfonamides is 1. The molecule has 0 saturated heterocycles. The Hall–Kier alpha value is -1.51. The Balaban J connectivity index is 2.56. The maximum absolute atomic E-state index is 13.5. The highest BCUT2D eigenvalue weighted by atomic mass is 32.2. The van der Waals surface area contributed by atoms with E-state index >= 15 is 0 Å². The molecule has 0 aliphatic heterocycles. The van der Waals surface area contributed by atoms with Gasteiger partial charge in [-0.1, -0.05) is 11.3 Å². The quantitative estimate of drug-likeness (QED) is 0.626. The Morgan fingerprint density at radius 1 is 1.41 bits per heavy atom. The predicted octanol–water partition coefficient (Wildman–Crippen LogP) is 0.726. The number of hydrogen-bond donors (Lipinski definition) is 2. The molecule has 0 amide bonds. The van der Waals surface area contributed by atoms with E-state index in [1.165, 1.54) is 22.9 Å². The van der Waals surface area contributed by atoms with Crippen LogP contribution in [0.2, 0.25) is 0 Å². The van der Waals surface area contributed by atoms with Crippen molar-refractivity contribution in [3.05, 3.63) is 34.9 Å². The Labute approximate surface area is 101 Å². The van der Waals surface area contributed by atoms with Crippen LogP contribution in [-0.4, -0.2) is 13.6 Å². The summed E-state index contributed by atoms with van der Waals surface area (Å²) in [4.78, 5) is -0.569. The van der Waals surface area contributed by atoms with Crippen LogP contribution in [0.25, 0.3) is 11.3 Å². The van der Waals surface area contributed by atoms with Crippen molar-refractivity contribution in [3.63, 3.8) is 0 Å². The number of aromatic nitrogens is 1. The van der Waals surface area contributed by atoms with Crippen molar-refractivity contribution in [2.45, 2.75) is 4.90 Å². The largest absolute Gasteiger partial charge is 0.284 e. The van der Waals surface area contributed by atoms with Gasteiger partial charge in [0.2, 0.25) is 10.0 Å². The molecule has 0 aliphatic rings. The third kappa shape index (κ3) is 2.28. The van der Waals surface area contributed by atoms with Gasteiger partial charge in [-0.05, 0) is 18.2 Å². The molecular weight excluding hydrogens is 267 g/mol. The third-order valence-corrected chi connectivity index (χ3v) is 3.75. The number of benzene rings is 1. The van der Waals surface area contributed by atoms with Gasteiger partial charge in [-0.15, -0.1) is 0 Å². The summed E-state index contributed by atoms with van der Waals surface area (Å²) in [5.41, 5.74) is 2.15. The molecule has 8 heteroatoms. The van der Waals surface area contributed by atoms with Crippen molar-refractivity contribution in [3.8, 4) is 11.3 Å². The van der Waals surface area contributed by atoms with E-state index in [1.807, 2.05) is 0 Å². The number of rotatable bonds is 2. The molecule has 90 valence electrons. The molecule has 0 unspecified atom stereocenters. The minimum Gasteiger partial charge on any atom is -0.284 e. The molecule has 1 heterocycles. The summed E-state index contributed by atoms with van der Waals surface area (Å²) < 4.78 is 36.4. The van der Waals surface area contributed by atoms with Gasteiger partial charge >= 0.3 is 0 Å². The van der Waals surface area contributed by atoms with Crippen molar-refractivity contribution in [1.29, 1.82) is 0 Å². The number of sulfonamides is 1. The first-order valence-electron chi connectivity index (χ1n) is 4.39. The molecule has 0 fully saturated rings. The SMILES string of the molecule is NS(=O)(=O)c1ccc(-c2csc[n+]2O)cc1F. The molecule has 1 aromatic carbocycles. The number of nitrogens with two attached hydrogens (primary N) is 1. The fourth-order valence-electron chi connectivity index (χ4n) is 1.35. The lowest BCUT2D eigenvalue weighted by molar-refractivity contribution is -0.892. The fraction of sp³-hybridized carbons (Fsp3) is 0. The summed E-state index contributed by atoms with van der Waals surface area (Å²) in [7, 11) is -4.07. The van der Waals surface area contributed by atoms with E-state index in [-0.39, 0.29) is 0 Å². The highest BCUT2D eigenvalue weighted by molar-refractivity contribution is 7.89. The lowest BCUT2D eigenvalue weighted by atomic mass is 10.2. The van der Waals surface area contributed by atoms with E-state index < -0.39 is 20.7 Å². The average molecular weight is 275 g/mol. The van der Waals surface area contributed by atoms with Crippen LogP contribution in [0.15, 0.2) is 34.0 Å². The molecule has 0 bridgehead atoms. The fourth-order valence-corrected chi connectivity index (χ4v) is 2.61. The molecule has 3 N–H and O–H groups in total. The Bertz CT molecular complexity index is 667.